The van der Waals surface area contributed by atoms with Gasteiger partial charge in [-0.15, -0.1) is 0 Å². The molecule has 2 heterocycles. The molecular weight excluding hydrogens is 453 g/mol. The molecule has 0 atom stereocenters. The number of hydrogen-bond donors (Lipinski definition) is 0. The van der Waals surface area contributed by atoms with Gasteiger partial charge in [-0.2, -0.15) is 0 Å². The Labute approximate surface area is 208 Å². The smallest absolute Gasteiger partial charge is 0.231 e. The number of amides is 1. The molecule has 0 saturated carbocycles. The molecule has 0 fully saturated rings. The van der Waals surface area contributed by atoms with Crippen molar-refractivity contribution in [3.8, 4) is 5.75 Å². The fourth-order valence-electron chi connectivity index (χ4n) is 3.94. The first kappa shape index (κ1) is 23.2. The fraction of sp³-hybridized carbons (Fsp3) is 0.100. The van der Waals surface area contributed by atoms with Gasteiger partial charge in [0.1, 0.15) is 18.2 Å². The maximum absolute atomic E-state index is 13.3. The first-order chi connectivity index (χ1) is 17.6. The third-order valence-corrected chi connectivity index (χ3v) is 5.82. The van der Waals surface area contributed by atoms with Gasteiger partial charge >= 0.3 is 0 Å². The summed E-state index contributed by atoms with van der Waals surface area (Å²) in [6.45, 7) is 0.710. The number of ether oxygens (including phenoxy) is 1. The summed E-state index contributed by atoms with van der Waals surface area (Å²) in [6.07, 6.45) is 3.60. The second-order valence-electron chi connectivity index (χ2n) is 8.42. The molecule has 0 unspecified atom stereocenters. The van der Waals surface area contributed by atoms with Crippen LogP contribution in [0.4, 0.5) is 10.1 Å². The Morgan fingerprint density at radius 1 is 0.833 bits per heavy atom. The molecule has 0 saturated heterocycles. The second kappa shape index (κ2) is 10.8. The van der Waals surface area contributed by atoms with Gasteiger partial charge in [0.25, 0.3) is 0 Å². The lowest BCUT2D eigenvalue weighted by Crippen LogP contribution is -2.31. The molecule has 0 radical (unpaired) electrons. The monoisotopic (exact) mass is 477 g/mol. The molecule has 5 nitrogen and oxygen atoms in total. The Balaban J connectivity index is 1.31. The van der Waals surface area contributed by atoms with Crippen LogP contribution in [0, 0.1) is 5.82 Å². The van der Waals surface area contributed by atoms with E-state index in [1.54, 1.807) is 29.4 Å². The van der Waals surface area contributed by atoms with Gasteiger partial charge in [0.05, 0.1) is 24.2 Å². The molecule has 36 heavy (non-hydrogen) atoms. The number of anilines is 1. The number of pyridine rings is 2. The Bertz CT molecular complexity index is 1460. The number of halogens is 1. The maximum atomic E-state index is 13.3. The fourth-order valence-corrected chi connectivity index (χ4v) is 3.94. The Morgan fingerprint density at radius 3 is 2.42 bits per heavy atom. The average molecular weight is 478 g/mol. The number of carbonyl (C=O) groups is 1. The lowest BCUT2D eigenvalue weighted by molar-refractivity contribution is -0.118. The number of para-hydroxylation sites is 1. The number of carbonyl (C=O) groups excluding carboxylic acids is 1. The van der Waals surface area contributed by atoms with Crippen LogP contribution in [0.1, 0.15) is 16.8 Å². The van der Waals surface area contributed by atoms with Gasteiger partial charge in [0.15, 0.2) is 0 Å². The molecule has 0 N–H and O–H groups in total. The summed E-state index contributed by atoms with van der Waals surface area (Å²) in [7, 11) is 0. The summed E-state index contributed by atoms with van der Waals surface area (Å²) in [4.78, 5) is 23.8. The van der Waals surface area contributed by atoms with Crippen molar-refractivity contribution >= 4 is 22.5 Å². The average Bonchev–Trinajstić information content (AvgIpc) is 2.92. The van der Waals surface area contributed by atoms with Gasteiger partial charge in [-0.3, -0.25) is 9.78 Å². The van der Waals surface area contributed by atoms with Crippen LogP contribution in [0.3, 0.4) is 0 Å². The third kappa shape index (κ3) is 5.73. The van der Waals surface area contributed by atoms with Crippen LogP contribution in [-0.4, -0.2) is 15.9 Å². The molecule has 1 amide bonds. The quantitative estimate of drug-likeness (QED) is 0.270. The summed E-state index contributed by atoms with van der Waals surface area (Å²) in [6, 6.07) is 29.1. The van der Waals surface area contributed by atoms with Crippen molar-refractivity contribution in [3.05, 3.63) is 132 Å². The van der Waals surface area contributed by atoms with Crippen LogP contribution < -0.4 is 9.64 Å². The largest absolute Gasteiger partial charge is 0.487 e. The Hall–Kier alpha value is -4.58. The molecular formula is C30H24FN3O2. The zero-order valence-electron chi connectivity index (χ0n) is 19.5. The van der Waals surface area contributed by atoms with Gasteiger partial charge in [0.2, 0.25) is 5.91 Å². The molecule has 0 aliphatic heterocycles. The molecule has 0 bridgehead atoms. The topological polar surface area (TPSA) is 55.3 Å². The standard InChI is InChI=1S/C30H24FN3O2/c31-25-10-7-22(8-11-25)18-30(35)34(20-23-4-3-17-32-19-23)27-13-15-28(16-14-27)36-21-26-12-9-24-5-1-2-6-29(24)33-26/h1-17,19H,18,20-21H2. The zero-order valence-corrected chi connectivity index (χ0v) is 19.5. The highest BCUT2D eigenvalue weighted by molar-refractivity contribution is 5.94. The predicted octanol–water partition coefficient (Wildman–Crippen LogP) is 6.12. The molecule has 178 valence electrons. The first-order valence-electron chi connectivity index (χ1n) is 11.7. The van der Waals surface area contributed by atoms with Gasteiger partial charge in [-0.25, -0.2) is 9.37 Å². The van der Waals surface area contributed by atoms with Gasteiger partial charge in [-0.05, 0) is 65.7 Å². The molecule has 5 aromatic rings. The third-order valence-electron chi connectivity index (χ3n) is 5.82. The van der Waals surface area contributed by atoms with Crippen molar-refractivity contribution in [3.63, 3.8) is 0 Å². The summed E-state index contributed by atoms with van der Waals surface area (Å²) < 4.78 is 19.2. The molecule has 0 spiro atoms. The van der Waals surface area contributed by atoms with Crippen LogP contribution in [0.2, 0.25) is 0 Å². The summed E-state index contributed by atoms with van der Waals surface area (Å²) in [5.41, 5.74) is 4.17. The van der Waals surface area contributed by atoms with E-state index in [1.165, 1.54) is 12.1 Å². The first-order valence-corrected chi connectivity index (χ1v) is 11.7. The molecule has 5 rings (SSSR count). The Kier molecular flexibility index (Phi) is 6.94. The highest BCUT2D eigenvalue weighted by Crippen LogP contribution is 2.23. The number of fused-ring (bicyclic) bond motifs is 1. The van der Waals surface area contributed by atoms with E-state index in [4.69, 9.17) is 4.74 Å². The minimum atomic E-state index is -0.326. The van der Waals surface area contributed by atoms with Crippen LogP contribution in [0.15, 0.2) is 109 Å². The minimum Gasteiger partial charge on any atom is -0.487 e. The van der Waals surface area contributed by atoms with Crippen LogP contribution in [0.5, 0.6) is 5.75 Å². The van der Waals surface area contributed by atoms with Crippen LogP contribution in [0.25, 0.3) is 10.9 Å². The highest BCUT2D eigenvalue weighted by Gasteiger charge is 2.17. The lowest BCUT2D eigenvalue weighted by Gasteiger charge is -2.23. The molecule has 6 heteroatoms. The van der Waals surface area contributed by atoms with Gasteiger partial charge < -0.3 is 9.64 Å². The molecule has 3 aromatic carbocycles. The highest BCUT2D eigenvalue weighted by atomic mass is 19.1. The SMILES string of the molecule is O=C(Cc1ccc(F)cc1)N(Cc1cccnc1)c1ccc(OCc2ccc3ccccc3n2)cc1. The Morgan fingerprint density at radius 2 is 1.64 bits per heavy atom. The van der Waals surface area contributed by atoms with E-state index in [1.807, 2.05) is 72.8 Å². The number of aromatic nitrogens is 2. The number of rotatable bonds is 8. The van der Waals surface area contributed by atoms with Crippen LogP contribution >= 0.6 is 0 Å². The zero-order chi connectivity index (χ0) is 24.7. The lowest BCUT2D eigenvalue weighted by atomic mass is 10.1. The number of benzene rings is 3. The molecule has 2 aromatic heterocycles. The van der Waals surface area contributed by atoms with Gasteiger partial charge in [0, 0.05) is 23.5 Å². The maximum Gasteiger partial charge on any atom is 0.231 e. The van der Waals surface area contributed by atoms with E-state index in [2.05, 4.69) is 9.97 Å². The predicted molar refractivity (Wildman–Crippen MR) is 138 cm³/mol. The van der Waals surface area contributed by atoms with E-state index < -0.39 is 0 Å². The van der Waals surface area contributed by atoms with Gasteiger partial charge in [-0.1, -0.05) is 42.5 Å². The normalized spacial score (nSPS) is 10.8. The van der Waals surface area contributed by atoms with E-state index >= 15 is 0 Å². The minimum absolute atomic E-state index is 0.0977. The van der Waals surface area contributed by atoms with Crippen molar-refractivity contribution < 1.29 is 13.9 Å². The van der Waals surface area contributed by atoms with E-state index in [0.717, 1.165) is 33.4 Å². The van der Waals surface area contributed by atoms with Crippen molar-refractivity contribution in [2.24, 2.45) is 0 Å². The van der Waals surface area contributed by atoms with Crippen molar-refractivity contribution in [2.45, 2.75) is 19.6 Å². The van der Waals surface area contributed by atoms with Crippen molar-refractivity contribution in [2.75, 3.05) is 4.90 Å². The second-order valence-corrected chi connectivity index (χ2v) is 8.42. The number of hydrogen-bond acceptors (Lipinski definition) is 4. The van der Waals surface area contributed by atoms with Crippen LogP contribution in [-0.2, 0) is 24.4 Å². The number of nitrogens with zero attached hydrogens (tertiary/aromatic N) is 3. The van der Waals surface area contributed by atoms with E-state index in [9.17, 15) is 9.18 Å². The molecule has 0 aliphatic rings. The van der Waals surface area contributed by atoms with E-state index in [0.29, 0.717) is 18.9 Å². The van der Waals surface area contributed by atoms with E-state index in [-0.39, 0.29) is 18.1 Å². The summed E-state index contributed by atoms with van der Waals surface area (Å²) in [5, 5.41) is 1.09. The molecule has 0 aliphatic carbocycles. The summed E-state index contributed by atoms with van der Waals surface area (Å²) >= 11 is 0. The summed E-state index contributed by atoms with van der Waals surface area (Å²) in [5.74, 6) is 0.258. The van der Waals surface area contributed by atoms with Crippen molar-refractivity contribution in [1.82, 2.24) is 9.97 Å². The van der Waals surface area contributed by atoms with Crippen molar-refractivity contribution in [1.29, 1.82) is 0 Å².